The number of nitrogens with two attached hydrogens (primary N) is 1. The summed E-state index contributed by atoms with van der Waals surface area (Å²) in [6.07, 6.45) is 0.572. The van der Waals surface area contributed by atoms with E-state index in [-0.39, 0.29) is 28.4 Å². The highest BCUT2D eigenvalue weighted by Crippen LogP contribution is 2.34. The molecule has 1 atom stereocenters. The van der Waals surface area contributed by atoms with Gasteiger partial charge in [-0.25, -0.2) is 13.6 Å². The third kappa shape index (κ3) is 5.06. The van der Waals surface area contributed by atoms with E-state index in [1.807, 2.05) is 6.92 Å². The van der Waals surface area contributed by atoms with E-state index < -0.39 is 14.9 Å². The van der Waals surface area contributed by atoms with Gasteiger partial charge >= 0.3 is 0 Å². The second kappa shape index (κ2) is 7.00. The maximum Gasteiger partial charge on any atom is 0.287 e. The van der Waals surface area contributed by atoms with Crippen LogP contribution in [0.1, 0.15) is 13.3 Å². The standard InChI is InChI=1S/C11H15BrN2O5S/c1-2-8(7-20(13,17)18)6-19-10-5-3-4-9(11(10)12)14(15)16/h3-5,8H,2,6-7H2,1H3,(H2,13,17,18). The highest BCUT2D eigenvalue weighted by Gasteiger charge is 2.19. The van der Waals surface area contributed by atoms with Gasteiger partial charge in [0.1, 0.15) is 10.2 Å². The molecule has 0 amide bonds. The fourth-order valence-electron chi connectivity index (χ4n) is 1.57. The number of benzene rings is 1. The van der Waals surface area contributed by atoms with Crippen LogP contribution in [0.25, 0.3) is 0 Å². The maximum atomic E-state index is 11.0. The first-order valence-electron chi connectivity index (χ1n) is 5.80. The van der Waals surface area contributed by atoms with E-state index in [4.69, 9.17) is 9.88 Å². The molecule has 0 saturated carbocycles. The molecule has 0 fully saturated rings. The molecule has 1 rings (SSSR count). The van der Waals surface area contributed by atoms with E-state index in [1.165, 1.54) is 12.1 Å². The number of nitrogens with zero attached hydrogens (tertiary/aromatic N) is 1. The van der Waals surface area contributed by atoms with Crippen molar-refractivity contribution in [3.63, 3.8) is 0 Å². The van der Waals surface area contributed by atoms with Crippen molar-refractivity contribution in [3.05, 3.63) is 32.8 Å². The molecule has 0 heterocycles. The van der Waals surface area contributed by atoms with Crippen molar-refractivity contribution in [1.82, 2.24) is 0 Å². The molecule has 0 radical (unpaired) electrons. The molecule has 112 valence electrons. The lowest BCUT2D eigenvalue weighted by atomic mass is 10.1. The van der Waals surface area contributed by atoms with E-state index >= 15 is 0 Å². The van der Waals surface area contributed by atoms with Gasteiger partial charge in [0.25, 0.3) is 5.69 Å². The molecule has 2 N–H and O–H groups in total. The smallest absolute Gasteiger partial charge is 0.287 e. The first-order chi connectivity index (χ1) is 9.24. The van der Waals surface area contributed by atoms with Crippen LogP contribution < -0.4 is 9.88 Å². The monoisotopic (exact) mass is 366 g/mol. The van der Waals surface area contributed by atoms with Crippen LogP contribution in [-0.2, 0) is 10.0 Å². The number of rotatable bonds is 7. The Bertz CT molecular complexity index is 590. The van der Waals surface area contributed by atoms with Gasteiger partial charge in [-0.15, -0.1) is 0 Å². The normalized spacial score (nSPS) is 12.9. The summed E-state index contributed by atoms with van der Waals surface area (Å²) < 4.78 is 27.8. The van der Waals surface area contributed by atoms with E-state index in [0.717, 1.165) is 0 Å². The Morgan fingerprint density at radius 1 is 1.50 bits per heavy atom. The first-order valence-corrected chi connectivity index (χ1v) is 8.31. The number of hydrogen-bond acceptors (Lipinski definition) is 5. The Hall–Kier alpha value is -1.19. The molecule has 20 heavy (non-hydrogen) atoms. The number of ether oxygens (including phenoxy) is 1. The second-order valence-corrected chi connectivity index (χ2v) is 6.71. The van der Waals surface area contributed by atoms with Gasteiger partial charge in [-0.2, -0.15) is 0 Å². The van der Waals surface area contributed by atoms with Crippen LogP contribution in [0, 0.1) is 16.0 Å². The van der Waals surface area contributed by atoms with Gasteiger partial charge in [-0.1, -0.05) is 13.0 Å². The quantitative estimate of drug-likeness (QED) is 0.585. The van der Waals surface area contributed by atoms with Gasteiger partial charge in [0.2, 0.25) is 10.0 Å². The van der Waals surface area contributed by atoms with E-state index in [1.54, 1.807) is 6.07 Å². The SMILES string of the molecule is CCC(COc1cccc([N+](=O)[O-])c1Br)CS(N)(=O)=O. The van der Waals surface area contributed by atoms with Crippen molar-refractivity contribution >= 4 is 31.6 Å². The van der Waals surface area contributed by atoms with Crippen LogP contribution in [0.3, 0.4) is 0 Å². The zero-order valence-corrected chi connectivity index (χ0v) is 13.2. The van der Waals surface area contributed by atoms with Gasteiger partial charge in [-0.05, 0) is 28.4 Å². The topological polar surface area (TPSA) is 113 Å². The number of sulfonamides is 1. The van der Waals surface area contributed by atoms with Gasteiger partial charge in [0.15, 0.2) is 0 Å². The summed E-state index contributed by atoms with van der Waals surface area (Å²) in [5.74, 6) is -0.154. The van der Waals surface area contributed by atoms with E-state index in [9.17, 15) is 18.5 Å². The summed E-state index contributed by atoms with van der Waals surface area (Å²) in [6, 6.07) is 4.41. The summed E-state index contributed by atoms with van der Waals surface area (Å²) in [7, 11) is -3.57. The minimum atomic E-state index is -3.57. The number of nitro benzene ring substituents is 1. The zero-order chi connectivity index (χ0) is 15.3. The van der Waals surface area contributed by atoms with Crippen LogP contribution in [0.5, 0.6) is 5.75 Å². The summed E-state index contributed by atoms with van der Waals surface area (Å²) in [5, 5.41) is 15.8. The Morgan fingerprint density at radius 2 is 2.15 bits per heavy atom. The van der Waals surface area contributed by atoms with Gasteiger partial charge < -0.3 is 4.74 Å². The molecule has 7 nitrogen and oxygen atoms in total. The number of nitro groups is 1. The predicted octanol–water partition coefficient (Wildman–Crippen LogP) is 2.05. The molecule has 0 aliphatic rings. The van der Waals surface area contributed by atoms with Crippen LogP contribution >= 0.6 is 15.9 Å². The highest BCUT2D eigenvalue weighted by atomic mass is 79.9. The third-order valence-electron chi connectivity index (χ3n) is 2.66. The number of hydrogen-bond donors (Lipinski definition) is 1. The number of halogens is 1. The van der Waals surface area contributed by atoms with Gasteiger partial charge in [0, 0.05) is 12.0 Å². The Morgan fingerprint density at radius 3 is 2.65 bits per heavy atom. The highest BCUT2D eigenvalue weighted by molar-refractivity contribution is 9.10. The van der Waals surface area contributed by atoms with Crippen LogP contribution in [0.15, 0.2) is 22.7 Å². The summed E-state index contributed by atoms with van der Waals surface area (Å²) in [6.45, 7) is 1.94. The lowest BCUT2D eigenvalue weighted by Gasteiger charge is -2.15. The van der Waals surface area contributed by atoms with Crippen molar-refractivity contribution in [2.45, 2.75) is 13.3 Å². The summed E-state index contributed by atoms with van der Waals surface area (Å²) in [4.78, 5) is 10.3. The molecule has 1 aromatic carbocycles. The molecule has 9 heteroatoms. The molecular formula is C11H15BrN2O5S. The second-order valence-electron chi connectivity index (χ2n) is 4.26. The average Bonchev–Trinajstić information content (AvgIpc) is 2.34. The van der Waals surface area contributed by atoms with Crippen LogP contribution in [-0.4, -0.2) is 25.7 Å². The van der Waals surface area contributed by atoms with Crippen molar-refractivity contribution in [1.29, 1.82) is 0 Å². The lowest BCUT2D eigenvalue weighted by molar-refractivity contribution is -0.385. The predicted molar refractivity (Wildman–Crippen MR) is 78.0 cm³/mol. The maximum absolute atomic E-state index is 11.0. The fourth-order valence-corrected chi connectivity index (χ4v) is 3.08. The minimum absolute atomic E-state index is 0.109. The van der Waals surface area contributed by atoms with Gasteiger partial charge in [-0.3, -0.25) is 10.1 Å². The van der Waals surface area contributed by atoms with Crippen molar-refractivity contribution < 1.29 is 18.1 Å². The Labute approximate surface area is 125 Å². The number of primary sulfonamides is 1. The Balaban J connectivity index is 2.79. The molecule has 1 aromatic rings. The minimum Gasteiger partial charge on any atom is -0.492 e. The molecule has 0 aliphatic carbocycles. The van der Waals surface area contributed by atoms with Gasteiger partial charge in [0.05, 0.1) is 17.3 Å². The zero-order valence-electron chi connectivity index (χ0n) is 10.8. The molecule has 0 spiro atoms. The average molecular weight is 367 g/mol. The molecule has 1 unspecified atom stereocenters. The first kappa shape index (κ1) is 16.9. The van der Waals surface area contributed by atoms with Crippen molar-refractivity contribution in [2.75, 3.05) is 12.4 Å². The fraction of sp³-hybridized carbons (Fsp3) is 0.455. The van der Waals surface area contributed by atoms with Crippen LogP contribution in [0.2, 0.25) is 0 Å². The van der Waals surface area contributed by atoms with Crippen LogP contribution in [0.4, 0.5) is 5.69 Å². The van der Waals surface area contributed by atoms with Crippen molar-refractivity contribution in [2.24, 2.45) is 11.1 Å². The molecular weight excluding hydrogens is 352 g/mol. The Kier molecular flexibility index (Phi) is 5.90. The van der Waals surface area contributed by atoms with E-state index in [2.05, 4.69) is 15.9 Å². The van der Waals surface area contributed by atoms with E-state index in [0.29, 0.717) is 12.2 Å². The molecule has 0 saturated heterocycles. The largest absolute Gasteiger partial charge is 0.492 e. The molecule has 0 aliphatic heterocycles. The summed E-state index contributed by atoms with van der Waals surface area (Å²) >= 11 is 3.11. The lowest BCUT2D eigenvalue weighted by Crippen LogP contribution is -2.26. The molecule has 0 bridgehead atoms. The summed E-state index contributed by atoms with van der Waals surface area (Å²) in [5.41, 5.74) is -0.109. The molecule has 0 aromatic heterocycles. The van der Waals surface area contributed by atoms with Crippen molar-refractivity contribution in [3.8, 4) is 5.75 Å². The third-order valence-corrected chi connectivity index (χ3v) is 4.39.